The molecule has 5 nitrogen and oxygen atoms in total. The molecule has 0 fully saturated rings. The topological polar surface area (TPSA) is 62.4 Å². The van der Waals surface area contributed by atoms with Gasteiger partial charge in [0, 0.05) is 17.2 Å². The molecule has 26 heavy (non-hydrogen) atoms. The van der Waals surface area contributed by atoms with Gasteiger partial charge in [-0.2, -0.15) is 0 Å². The van der Waals surface area contributed by atoms with Gasteiger partial charge in [-0.3, -0.25) is 15.6 Å². The molecule has 0 aliphatic rings. The first-order valence-electron chi connectivity index (χ1n) is 8.25. The fourth-order valence-corrected chi connectivity index (χ4v) is 3.01. The summed E-state index contributed by atoms with van der Waals surface area (Å²) in [6.45, 7) is 4.54. The predicted octanol–water partition coefficient (Wildman–Crippen LogP) is 2.97. The van der Waals surface area contributed by atoms with E-state index in [1.165, 1.54) is 4.90 Å². The molecule has 7 heteroatoms. The number of carbonyl (C=O) groups is 1. The monoisotopic (exact) mass is 389 g/mol. The van der Waals surface area contributed by atoms with E-state index in [1.54, 1.807) is 11.8 Å². The third-order valence-corrected chi connectivity index (χ3v) is 4.68. The molecule has 2 rings (SSSR count). The van der Waals surface area contributed by atoms with E-state index >= 15 is 0 Å². The summed E-state index contributed by atoms with van der Waals surface area (Å²) in [6.07, 6.45) is 0. The maximum Gasteiger partial charge on any atom is 0.276 e. The Labute approximate surface area is 163 Å². The standard InChI is InChI=1S/C19H23N3O2S2/c1-14-8-9-15(2)17(12-14)24-13-18(23)21-22-19(25)20-10-11-26-16-6-4-3-5-7-16/h3-9,12H,10-11,13H2,1-2H3,(H,21,23)(H2,20,22,25). The summed E-state index contributed by atoms with van der Waals surface area (Å²) in [7, 11) is 0. The van der Waals surface area contributed by atoms with Crippen LogP contribution in [0.2, 0.25) is 0 Å². The van der Waals surface area contributed by atoms with E-state index in [-0.39, 0.29) is 12.5 Å². The van der Waals surface area contributed by atoms with Crippen molar-refractivity contribution in [3.8, 4) is 5.75 Å². The average molecular weight is 390 g/mol. The van der Waals surface area contributed by atoms with E-state index in [2.05, 4.69) is 28.3 Å². The number of amides is 1. The zero-order valence-electron chi connectivity index (χ0n) is 14.9. The Morgan fingerprint density at radius 2 is 1.88 bits per heavy atom. The lowest BCUT2D eigenvalue weighted by Gasteiger charge is -2.13. The Morgan fingerprint density at radius 3 is 2.65 bits per heavy atom. The molecule has 0 bridgehead atoms. The molecule has 2 aromatic rings. The van der Waals surface area contributed by atoms with Gasteiger partial charge in [-0.25, -0.2) is 0 Å². The lowest BCUT2D eigenvalue weighted by molar-refractivity contribution is -0.123. The maximum absolute atomic E-state index is 11.8. The highest BCUT2D eigenvalue weighted by molar-refractivity contribution is 7.99. The van der Waals surface area contributed by atoms with Gasteiger partial charge in [0.1, 0.15) is 5.75 Å². The van der Waals surface area contributed by atoms with Crippen LogP contribution in [0.1, 0.15) is 11.1 Å². The van der Waals surface area contributed by atoms with Gasteiger partial charge in [-0.1, -0.05) is 30.3 Å². The van der Waals surface area contributed by atoms with Crippen molar-refractivity contribution in [2.75, 3.05) is 18.9 Å². The first-order chi connectivity index (χ1) is 12.5. The summed E-state index contributed by atoms with van der Waals surface area (Å²) in [5.41, 5.74) is 7.27. The first-order valence-corrected chi connectivity index (χ1v) is 9.64. The predicted molar refractivity (Wildman–Crippen MR) is 110 cm³/mol. The second-order valence-corrected chi connectivity index (χ2v) is 7.22. The number of benzene rings is 2. The van der Waals surface area contributed by atoms with Gasteiger partial charge in [-0.15, -0.1) is 11.8 Å². The molecular weight excluding hydrogens is 366 g/mol. The van der Waals surface area contributed by atoms with Gasteiger partial charge in [0.25, 0.3) is 5.91 Å². The summed E-state index contributed by atoms with van der Waals surface area (Å²) in [5, 5.41) is 3.42. The largest absolute Gasteiger partial charge is 0.483 e. The third-order valence-electron chi connectivity index (χ3n) is 3.42. The normalized spacial score (nSPS) is 10.1. The van der Waals surface area contributed by atoms with Crippen LogP contribution in [0.4, 0.5) is 0 Å². The van der Waals surface area contributed by atoms with Crippen molar-refractivity contribution < 1.29 is 9.53 Å². The van der Waals surface area contributed by atoms with Gasteiger partial charge in [0.2, 0.25) is 0 Å². The smallest absolute Gasteiger partial charge is 0.276 e. The first kappa shape index (κ1) is 20.1. The molecule has 0 aliphatic carbocycles. The van der Waals surface area contributed by atoms with Crippen LogP contribution in [-0.4, -0.2) is 29.9 Å². The molecule has 0 aliphatic heterocycles. The number of rotatable bonds is 7. The molecule has 0 unspecified atom stereocenters. The van der Waals surface area contributed by atoms with Gasteiger partial charge in [0.15, 0.2) is 11.7 Å². The average Bonchev–Trinajstić information content (AvgIpc) is 2.65. The minimum atomic E-state index is -0.297. The van der Waals surface area contributed by atoms with E-state index in [0.717, 1.165) is 16.9 Å². The second-order valence-electron chi connectivity index (χ2n) is 5.65. The Hall–Kier alpha value is -2.25. The molecule has 1 amide bonds. The minimum Gasteiger partial charge on any atom is -0.483 e. The lowest BCUT2D eigenvalue weighted by Crippen LogP contribution is -2.48. The van der Waals surface area contributed by atoms with Crippen molar-refractivity contribution >= 4 is 35.0 Å². The molecule has 0 aromatic heterocycles. The zero-order chi connectivity index (χ0) is 18.8. The van der Waals surface area contributed by atoms with Crippen LogP contribution in [-0.2, 0) is 4.79 Å². The van der Waals surface area contributed by atoms with Crippen molar-refractivity contribution in [2.24, 2.45) is 0 Å². The summed E-state index contributed by atoms with van der Waals surface area (Å²) < 4.78 is 5.54. The second kappa shape index (κ2) is 10.7. The molecule has 0 radical (unpaired) electrons. The molecule has 3 N–H and O–H groups in total. The van der Waals surface area contributed by atoms with Crippen molar-refractivity contribution in [3.63, 3.8) is 0 Å². The zero-order valence-corrected chi connectivity index (χ0v) is 16.5. The van der Waals surface area contributed by atoms with Gasteiger partial charge < -0.3 is 10.1 Å². The Morgan fingerprint density at radius 1 is 1.12 bits per heavy atom. The number of nitrogens with one attached hydrogen (secondary N) is 3. The third kappa shape index (κ3) is 7.33. The molecular formula is C19H23N3O2S2. The number of hydrogen-bond acceptors (Lipinski definition) is 4. The minimum absolute atomic E-state index is 0.0796. The van der Waals surface area contributed by atoms with Gasteiger partial charge >= 0.3 is 0 Å². The van der Waals surface area contributed by atoms with Gasteiger partial charge in [-0.05, 0) is 55.4 Å². The molecule has 0 saturated heterocycles. The molecule has 2 aromatic carbocycles. The van der Waals surface area contributed by atoms with Crippen molar-refractivity contribution in [1.29, 1.82) is 0 Å². The highest BCUT2D eigenvalue weighted by atomic mass is 32.2. The highest BCUT2D eigenvalue weighted by Gasteiger charge is 2.05. The highest BCUT2D eigenvalue weighted by Crippen LogP contribution is 2.18. The Kier molecular flexibility index (Phi) is 8.24. The van der Waals surface area contributed by atoms with Crippen LogP contribution in [0.25, 0.3) is 0 Å². The van der Waals surface area contributed by atoms with Gasteiger partial charge in [0.05, 0.1) is 0 Å². The number of thioether (sulfide) groups is 1. The fraction of sp³-hybridized carbons (Fsp3) is 0.263. The Balaban J connectivity index is 1.59. The maximum atomic E-state index is 11.8. The van der Waals surface area contributed by atoms with E-state index in [4.69, 9.17) is 17.0 Å². The van der Waals surface area contributed by atoms with Crippen molar-refractivity contribution in [2.45, 2.75) is 18.7 Å². The van der Waals surface area contributed by atoms with Crippen molar-refractivity contribution in [1.82, 2.24) is 16.2 Å². The van der Waals surface area contributed by atoms with Crippen molar-refractivity contribution in [3.05, 3.63) is 59.7 Å². The van der Waals surface area contributed by atoms with Crippen LogP contribution in [0.15, 0.2) is 53.4 Å². The molecule has 138 valence electrons. The SMILES string of the molecule is Cc1ccc(C)c(OCC(=O)NNC(=S)NCCSc2ccccc2)c1. The molecule has 0 spiro atoms. The van der Waals surface area contributed by atoms with E-state index in [0.29, 0.717) is 17.4 Å². The number of hydrazine groups is 1. The fourth-order valence-electron chi connectivity index (χ4n) is 2.06. The Bertz CT molecular complexity index is 739. The number of carbonyl (C=O) groups excluding carboxylic acids is 1. The van der Waals surface area contributed by atoms with Crippen LogP contribution in [0.5, 0.6) is 5.75 Å². The molecule has 0 saturated carbocycles. The molecule has 0 heterocycles. The number of thiocarbonyl (C=S) groups is 1. The number of ether oxygens (including phenoxy) is 1. The number of hydrogen-bond donors (Lipinski definition) is 3. The summed E-state index contributed by atoms with van der Waals surface area (Å²) >= 11 is 6.87. The number of aryl methyl sites for hydroxylation is 2. The van der Waals surface area contributed by atoms with Crippen LogP contribution < -0.4 is 20.9 Å². The molecule has 0 atom stereocenters. The summed E-state index contributed by atoms with van der Waals surface area (Å²) in [5.74, 6) is 1.28. The van der Waals surface area contributed by atoms with Crippen LogP contribution in [0.3, 0.4) is 0 Å². The summed E-state index contributed by atoms with van der Waals surface area (Å²) in [6, 6.07) is 16.0. The lowest BCUT2D eigenvalue weighted by atomic mass is 10.1. The van der Waals surface area contributed by atoms with Crippen LogP contribution in [0, 0.1) is 13.8 Å². The van der Waals surface area contributed by atoms with E-state index in [9.17, 15) is 4.79 Å². The summed E-state index contributed by atoms with van der Waals surface area (Å²) in [4.78, 5) is 13.1. The van der Waals surface area contributed by atoms with E-state index in [1.807, 2.05) is 50.2 Å². The quantitative estimate of drug-likeness (QED) is 0.293. The van der Waals surface area contributed by atoms with Crippen LogP contribution >= 0.6 is 24.0 Å². The van der Waals surface area contributed by atoms with E-state index < -0.39 is 0 Å².